The van der Waals surface area contributed by atoms with Crippen molar-refractivity contribution in [1.29, 1.82) is 0 Å². The normalized spacial score (nSPS) is 12.9. The zero-order valence-corrected chi connectivity index (χ0v) is 10.3. The number of hydrogen-bond donors (Lipinski definition) is 2. The molecule has 15 heavy (non-hydrogen) atoms. The molecule has 0 radical (unpaired) electrons. The Kier molecular flexibility index (Phi) is 6.95. The molecule has 6 heteroatoms. The van der Waals surface area contributed by atoms with Gasteiger partial charge in [-0.2, -0.15) is 0 Å². The van der Waals surface area contributed by atoms with E-state index in [9.17, 15) is 5.11 Å². The summed E-state index contributed by atoms with van der Waals surface area (Å²) in [5.74, 6) is 0.674. The number of aliphatic hydroxyl groups is 1. The highest BCUT2D eigenvalue weighted by Crippen LogP contribution is 2.20. The van der Waals surface area contributed by atoms with Crippen molar-refractivity contribution in [2.75, 3.05) is 32.6 Å². The molecule has 0 saturated carbocycles. The zero-order chi connectivity index (χ0) is 10.9. The molecule has 2 N–H and O–H groups in total. The van der Waals surface area contributed by atoms with E-state index in [1.165, 1.54) is 0 Å². The molecule has 1 atom stereocenters. The van der Waals surface area contributed by atoms with E-state index in [1.54, 1.807) is 36.4 Å². The fraction of sp³-hybridized carbons (Fsp3) is 0.667. The van der Waals surface area contributed by atoms with Crippen LogP contribution in [0.1, 0.15) is 0 Å². The second-order valence-corrected chi connectivity index (χ2v) is 5.12. The molecule has 1 aromatic rings. The summed E-state index contributed by atoms with van der Waals surface area (Å²) in [4.78, 5) is 4.13. The lowest BCUT2D eigenvalue weighted by Gasteiger charge is -2.10. The third kappa shape index (κ3) is 6.11. The van der Waals surface area contributed by atoms with Gasteiger partial charge in [-0.25, -0.2) is 4.98 Å². The maximum Gasteiger partial charge on any atom is 0.149 e. The number of thiazole rings is 1. The molecule has 4 nitrogen and oxygen atoms in total. The number of nitrogens with zero attached hydrogens (tertiary/aromatic N) is 1. The first-order chi connectivity index (χ1) is 7.33. The Morgan fingerprint density at radius 2 is 2.60 bits per heavy atom. The third-order valence-electron chi connectivity index (χ3n) is 1.67. The second-order valence-electron chi connectivity index (χ2n) is 2.96. The number of aromatic nitrogens is 1. The van der Waals surface area contributed by atoms with Gasteiger partial charge in [-0.15, -0.1) is 11.3 Å². The Hall–Kier alpha value is -0.140. The first kappa shape index (κ1) is 12.9. The van der Waals surface area contributed by atoms with Crippen LogP contribution in [0.5, 0.6) is 0 Å². The van der Waals surface area contributed by atoms with Crippen molar-refractivity contribution >= 4 is 23.1 Å². The van der Waals surface area contributed by atoms with Crippen molar-refractivity contribution in [1.82, 2.24) is 10.3 Å². The molecule has 0 spiro atoms. The molecule has 0 aromatic carbocycles. The predicted molar refractivity (Wildman–Crippen MR) is 63.6 cm³/mol. The van der Waals surface area contributed by atoms with Gasteiger partial charge in [0.05, 0.1) is 12.7 Å². The van der Waals surface area contributed by atoms with E-state index in [0.29, 0.717) is 18.9 Å². The minimum absolute atomic E-state index is 0.337. The van der Waals surface area contributed by atoms with E-state index >= 15 is 0 Å². The van der Waals surface area contributed by atoms with E-state index in [0.717, 1.165) is 10.9 Å². The van der Waals surface area contributed by atoms with Gasteiger partial charge in [0.25, 0.3) is 0 Å². The number of hydrogen-bond acceptors (Lipinski definition) is 6. The second kappa shape index (κ2) is 8.06. The Morgan fingerprint density at radius 1 is 1.73 bits per heavy atom. The van der Waals surface area contributed by atoms with Crippen molar-refractivity contribution in [3.05, 3.63) is 11.6 Å². The van der Waals surface area contributed by atoms with Gasteiger partial charge >= 0.3 is 0 Å². The summed E-state index contributed by atoms with van der Waals surface area (Å²) < 4.78 is 5.89. The molecule has 0 aliphatic heterocycles. The minimum atomic E-state index is -0.337. The molecular formula is C9H16N2O2S2. The predicted octanol–water partition coefficient (Wildman–Crippen LogP) is 0.832. The Balaban J connectivity index is 2.01. The van der Waals surface area contributed by atoms with Crippen LogP contribution in [0.25, 0.3) is 0 Å². The standard InChI is InChI=1S/C9H16N2O2S2/c1-13-4-2-10-6-8(12)7-15-9-11-3-5-14-9/h3,5,8,10,12H,2,4,6-7H2,1H3. The number of aliphatic hydroxyl groups excluding tert-OH is 1. The quantitative estimate of drug-likeness (QED) is 0.527. The number of thioether (sulfide) groups is 1. The molecule has 0 fully saturated rings. The van der Waals surface area contributed by atoms with E-state index in [2.05, 4.69) is 10.3 Å². The van der Waals surface area contributed by atoms with Gasteiger partial charge in [0.15, 0.2) is 0 Å². The summed E-state index contributed by atoms with van der Waals surface area (Å²) in [6.45, 7) is 2.05. The lowest BCUT2D eigenvalue weighted by molar-refractivity contribution is 0.175. The molecular weight excluding hydrogens is 232 g/mol. The van der Waals surface area contributed by atoms with Gasteiger partial charge in [0.2, 0.25) is 0 Å². The van der Waals surface area contributed by atoms with Crippen molar-refractivity contribution in [2.45, 2.75) is 10.4 Å². The van der Waals surface area contributed by atoms with Crippen LogP contribution >= 0.6 is 23.1 Å². The van der Waals surface area contributed by atoms with Gasteiger partial charge < -0.3 is 15.2 Å². The van der Waals surface area contributed by atoms with E-state index in [1.807, 2.05) is 5.38 Å². The van der Waals surface area contributed by atoms with Crippen LogP contribution in [0, 0.1) is 0 Å². The molecule has 0 bridgehead atoms. The largest absolute Gasteiger partial charge is 0.391 e. The molecule has 1 aromatic heterocycles. The maximum atomic E-state index is 9.60. The van der Waals surface area contributed by atoms with E-state index in [-0.39, 0.29) is 6.10 Å². The van der Waals surface area contributed by atoms with Crippen LogP contribution in [-0.4, -0.2) is 48.8 Å². The highest BCUT2D eigenvalue weighted by molar-refractivity contribution is 8.01. The molecule has 1 rings (SSSR count). The highest BCUT2D eigenvalue weighted by atomic mass is 32.2. The molecule has 1 heterocycles. The summed E-state index contributed by atoms with van der Waals surface area (Å²) >= 11 is 3.18. The van der Waals surface area contributed by atoms with Gasteiger partial charge in [0, 0.05) is 37.5 Å². The van der Waals surface area contributed by atoms with Crippen molar-refractivity contribution in [3.63, 3.8) is 0 Å². The molecule has 1 unspecified atom stereocenters. The fourth-order valence-electron chi connectivity index (χ4n) is 0.951. The lowest BCUT2D eigenvalue weighted by Crippen LogP contribution is -2.30. The van der Waals surface area contributed by atoms with Crippen molar-refractivity contribution in [3.8, 4) is 0 Å². The van der Waals surface area contributed by atoms with Crippen LogP contribution < -0.4 is 5.32 Å². The lowest BCUT2D eigenvalue weighted by atomic mass is 10.4. The maximum absolute atomic E-state index is 9.60. The average molecular weight is 248 g/mol. The number of methoxy groups -OCH3 is 1. The number of rotatable bonds is 8. The summed E-state index contributed by atoms with van der Waals surface area (Å²) in [6, 6.07) is 0. The monoisotopic (exact) mass is 248 g/mol. The van der Waals surface area contributed by atoms with Crippen molar-refractivity contribution in [2.24, 2.45) is 0 Å². The van der Waals surface area contributed by atoms with E-state index in [4.69, 9.17) is 4.74 Å². The first-order valence-electron chi connectivity index (χ1n) is 4.73. The smallest absolute Gasteiger partial charge is 0.149 e. The zero-order valence-electron chi connectivity index (χ0n) is 8.68. The summed E-state index contributed by atoms with van der Waals surface area (Å²) in [7, 11) is 1.66. The first-order valence-corrected chi connectivity index (χ1v) is 6.59. The van der Waals surface area contributed by atoms with Gasteiger partial charge in [-0.1, -0.05) is 11.8 Å². The van der Waals surface area contributed by atoms with Gasteiger partial charge in [0.1, 0.15) is 4.34 Å². The minimum Gasteiger partial charge on any atom is -0.391 e. The summed E-state index contributed by atoms with van der Waals surface area (Å²) in [5, 5.41) is 14.6. The van der Waals surface area contributed by atoms with Crippen LogP contribution in [0.3, 0.4) is 0 Å². The average Bonchev–Trinajstić information content (AvgIpc) is 2.74. The van der Waals surface area contributed by atoms with Crippen LogP contribution in [0.15, 0.2) is 15.9 Å². The van der Waals surface area contributed by atoms with Gasteiger partial charge in [-0.3, -0.25) is 0 Å². The topological polar surface area (TPSA) is 54.4 Å². The van der Waals surface area contributed by atoms with Crippen LogP contribution in [0.4, 0.5) is 0 Å². The number of ether oxygens (including phenoxy) is 1. The van der Waals surface area contributed by atoms with Crippen LogP contribution in [0.2, 0.25) is 0 Å². The SMILES string of the molecule is COCCNCC(O)CSc1nccs1. The summed E-state index contributed by atoms with van der Waals surface area (Å²) in [5.41, 5.74) is 0. The van der Waals surface area contributed by atoms with Gasteiger partial charge in [-0.05, 0) is 0 Å². The number of nitrogens with one attached hydrogen (secondary N) is 1. The fourth-order valence-corrected chi connectivity index (χ4v) is 2.54. The summed E-state index contributed by atoms with van der Waals surface area (Å²) in [6.07, 6.45) is 1.44. The van der Waals surface area contributed by atoms with Crippen molar-refractivity contribution < 1.29 is 9.84 Å². The molecule has 0 aliphatic carbocycles. The molecule has 0 amide bonds. The van der Waals surface area contributed by atoms with E-state index < -0.39 is 0 Å². The molecule has 86 valence electrons. The van der Waals surface area contributed by atoms with Crippen LogP contribution in [-0.2, 0) is 4.74 Å². The molecule has 0 saturated heterocycles. The third-order valence-corrected chi connectivity index (χ3v) is 3.78. The Bertz CT molecular complexity index is 244. The Labute approximate surface area is 98.1 Å². The highest BCUT2D eigenvalue weighted by Gasteiger charge is 2.05. The molecule has 0 aliphatic rings. The Morgan fingerprint density at radius 3 is 3.27 bits per heavy atom.